The normalized spacial score (nSPS) is 13.5. The van der Waals surface area contributed by atoms with Crippen LogP contribution >= 0.6 is 11.6 Å². The van der Waals surface area contributed by atoms with Crippen molar-refractivity contribution >= 4 is 35.0 Å². The Morgan fingerprint density at radius 1 is 1.04 bits per heavy atom. The number of likely N-dealkylation sites (tertiary alicyclic amines) is 1. The van der Waals surface area contributed by atoms with E-state index in [9.17, 15) is 14.4 Å². The van der Waals surface area contributed by atoms with Gasteiger partial charge in [0, 0.05) is 68.4 Å². The third-order valence-corrected chi connectivity index (χ3v) is 9.79. The number of benzene rings is 2. The van der Waals surface area contributed by atoms with Gasteiger partial charge in [-0.15, -0.1) is 0 Å². The zero-order valence-corrected chi connectivity index (χ0v) is 31.1. The Labute approximate surface area is 307 Å². The molecule has 0 unspecified atom stereocenters. The van der Waals surface area contributed by atoms with Gasteiger partial charge in [-0.25, -0.2) is 13.8 Å². The summed E-state index contributed by atoms with van der Waals surface area (Å²) in [6.45, 7) is 7.41. The minimum absolute atomic E-state index is 0.0432. The maximum Gasteiger partial charge on any atom is 0.291 e. The molecule has 1 saturated heterocycles. The molecule has 15 heteroatoms. The molecule has 0 spiro atoms. The lowest BCUT2D eigenvalue weighted by Gasteiger charge is -2.35. The van der Waals surface area contributed by atoms with Crippen LogP contribution in [0.5, 0.6) is 0 Å². The highest BCUT2D eigenvalue weighted by atomic mass is 35.5. The van der Waals surface area contributed by atoms with Crippen molar-refractivity contribution in [3.63, 3.8) is 0 Å². The van der Waals surface area contributed by atoms with Crippen molar-refractivity contribution in [2.75, 3.05) is 65.9 Å². The van der Waals surface area contributed by atoms with Crippen LogP contribution in [0.3, 0.4) is 0 Å². The number of piperidine rings is 1. The van der Waals surface area contributed by atoms with Crippen LogP contribution in [0, 0.1) is 24.5 Å². The fourth-order valence-electron chi connectivity index (χ4n) is 6.47. The highest BCUT2D eigenvalue weighted by molar-refractivity contribution is 6.34. The Morgan fingerprint density at radius 3 is 2.38 bits per heavy atom. The van der Waals surface area contributed by atoms with Crippen molar-refractivity contribution in [3.8, 4) is 22.4 Å². The molecule has 3 amide bonds. The largest absolute Gasteiger partial charge is 0.383 e. The molecule has 0 radical (unpaired) electrons. The number of methoxy groups -OCH3 is 1. The van der Waals surface area contributed by atoms with E-state index in [1.54, 1.807) is 35.7 Å². The maximum absolute atomic E-state index is 15.5. The van der Waals surface area contributed by atoms with Crippen molar-refractivity contribution < 1.29 is 27.9 Å². The predicted octanol–water partition coefficient (Wildman–Crippen LogP) is 5.35. The van der Waals surface area contributed by atoms with E-state index in [2.05, 4.69) is 15.4 Å². The summed E-state index contributed by atoms with van der Waals surface area (Å²) in [5.41, 5.74) is 1.99. The predicted molar refractivity (Wildman–Crippen MR) is 195 cm³/mol. The maximum atomic E-state index is 15.5. The number of rotatable bonds is 13. The molecule has 4 aromatic rings. The van der Waals surface area contributed by atoms with Crippen LogP contribution in [0.1, 0.15) is 46.4 Å². The van der Waals surface area contributed by atoms with Crippen LogP contribution in [-0.2, 0) is 23.1 Å². The first-order valence-electron chi connectivity index (χ1n) is 17.2. The Morgan fingerprint density at radius 2 is 1.73 bits per heavy atom. The number of anilines is 1. The van der Waals surface area contributed by atoms with Gasteiger partial charge in [-0.2, -0.15) is 5.10 Å². The molecule has 0 bridgehead atoms. The van der Waals surface area contributed by atoms with Crippen molar-refractivity contribution in [1.29, 1.82) is 0 Å². The van der Waals surface area contributed by atoms with Crippen LogP contribution in [-0.4, -0.2) is 112 Å². The Bertz CT molecular complexity index is 1940. The first-order chi connectivity index (χ1) is 24.8. The van der Waals surface area contributed by atoms with Gasteiger partial charge >= 0.3 is 0 Å². The number of aromatic nitrogens is 4. The number of nitrogens with one attached hydrogen (secondary N) is 1. The third-order valence-electron chi connectivity index (χ3n) is 9.47. The molecular formula is C37H45ClF2N8O4. The number of hydrogen-bond acceptors (Lipinski definition) is 7. The molecule has 2 aromatic carbocycles. The average molecular weight is 739 g/mol. The number of amides is 3. The van der Waals surface area contributed by atoms with Crippen LogP contribution < -0.4 is 5.32 Å². The highest BCUT2D eigenvalue weighted by Crippen LogP contribution is 2.33. The second kappa shape index (κ2) is 16.8. The van der Waals surface area contributed by atoms with Crippen molar-refractivity contribution in [2.45, 2.75) is 33.2 Å². The van der Waals surface area contributed by atoms with E-state index in [0.29, 0.717) is 74.3 Å². The summed E-state index contributed by atoms with van der Waals surface area (Å²) in [7, 11) is 6.85. The minimum Gasteiger partial charge on any atom is -0.383 e. The molecule has 5 rings (SSSR count). The van der Waals surface area contributed by atoms with E-state index in [1.165, 1.54) is 42.2 Å². The topological polar surface area (TPSA) is 118 Å². The fraction of sp³-hybridized carbons (Fsp3) is 0.432. The average Bonchev–Trinajstić information content (AvgIpc) is 3.68. The van der Waals surface area contributed by atoms with Gasteiger partial charge in [0.2, 0.25) is 5.91 Å². The molecule has 12 nitrogen and oxygen atoms in total. The molecule has 0 aliphatic carbocycles. The zero-order valence-electron chi connectivity index (χ0n) is 30.4. The minimum atomic E-state index is -1.08. The molecular weight excluding hydrogens is 694 g/mol. The van der Waals surface area contributed by atoms with E-state index < -0.39 is 17.5 Å². The van der Waals surface area contributed by atoms with Crippen molar-refractivity contribution in [2.24, 2.45) is 13.0 Å². The summed E-state index contributed by atoms with van der Waals surface area (Å²) >= 11 is 6.55. The lowest BCUT2D eigenvalue weighted by Crippen LogP contribution is -2.44. The van der Waals surface area contributed by atoms with Gasteiger partial charge in [0.05, 0.1) is 48.4 Å². The Kier molecular flexibility index (Phi) is 12.4. The van der Waals surface area contributed by atoms with E-state index >= 15 is 8.78 Å². The summed E-state index contributed by atoms with van der Waals surface area (Å²) in [5.74, 6) is -2.57. The number of likely N-dealkylation sites (N-methyl/N-ethyl adjacent to an activating group) is 2. The van der Waals surface area contributed by atoms with Gasteiger partial charge in [-0.05, 0) is 71.0 Å². The molecule has 0 saturated carbocycles. The molecule has 0 atom stereocenters. The summed E-state index contributed by atoms with van der Waals surface area (Å²) in [5, 5.41) is 7.17. The van der Waals surface area contributed by atoms with Crippen LogP contribution in [0.25, 0.3) is 22.4 Å². The number of ether oxygens (including phenoxy) is 1. The Hall–Kier alpha value is -4.66. The van der Waals surface area contributed by atoms with E-state index in [1.807, 2.05) is 30.8 Å². The number of hydrogen-bond donors (Lipinski definition) is 1. The lowest BCUT2D eigenvalue weighted by atomic mass is 9.95. The number of nitrogens with zero attached hydrogens (tertiary/aromatic N) is 7. The van der Waals surface area contributed by atoms with Crippen molar-refractivity contribution in [3.05, 3.63) is 76.5 Å². The smallest absolute Gasteiger partial charge is 0.291 e. The number of carbonyl (C=O) groups is 3. The highest BCUT2D eigenvalue weighted by Gasteiger charge is 2.28. The second-order valence-electron chi connectivity index (χ2n) is 13.2. The second-order valence-corrected chi connectivity index (χ2v) is 13.6. The molecule has 2 aromatic heterocycles. The molecule has 1 aliphatic rings. The third kappa shape index (κ3) is 8.35. The summed E-state index contributed by atoms with van der Waals surface area (Å²) in [6, 6.07) is 7.57. The number of imidazole rings is 1. The van der Waals surface area contributed by atoms with Gasteiger partial charge in [0.15, 0.2) is 17.5 Å². The molecule has 3 heterocycles. The summed E-state index contributed by atoms with van der Waals surface area (Å²) in [4.78, 5) is 48.9. The lowest BCUT2D eigenvalue weighted by molar-refractivity contribution is -0.132. The van der Waals surface area contributed by atoms with Crippen LogP contribution in [0.15, 0.2) is 42.7 Å². The monoisotopic (exact) mass is 738 g/mol. The van der Waals surface area contributed by atoms with Crippen LogP contribution in [0.4, 0.5) is 14.5 Å². The Balaban J connectivity index is 1.22. The molecule has 1 aliphatic heterocycles. The molecule has 278 valence electrons. The van der Waals surface area contributed by atoms with Crippen molar-refractivity contribution in [1.82, 2.24) is 34.0 Å². The summed E-state index contributed by atoms with van der Waals surface area (Å²) in [6.07, 6.45) is 4.35. The van der Waals surface area contributed by atoms with Gasteiger partial charge in [-0.1, -0.05) is 17.7 Å². The first-order valence-corrected chi connectivity index (χ1v) is 17.6. The standard InChI is InChI=1S/C37H45ClF2N8O4/c1-7-46(32(49)22-44(3)4)21-24-12-14-47(15-13-24)37(51)27-9-8-25(18-30(27)38)43-36(50)35-41-20-31(45(35)5)28-11-10-26(33(39)34(28)40)29-19-42-48(23(29)2)16-17-52-6/h8-11,18-20,24H,7,12-17,21-22H2,1-6H3,(H,43,50). The van der Waals surface area contributed by atoms with Gasteiger partial charge in [0.25, 0.3) is 11.8 Å². The molecule has 1 N–H and O–H groups in total. The SMILES string of the molecule is CCN(CC1CCN(C(=O)c2ccc(NC(=O)c3ncc(-c4ccc(-c5cnn(CCOC)c5C)c(F)c4F)n3C)cc2Cl)CC1)C(=O)CN(C)C. The fourth-order valence-corrected chi connectivity index (χ4v) is 6.73. The van der Waals surface area contributed by atoms with E-state index in [4.69, 9.17) is 16.3 Å². The zero-order chi connectivity index (χ0) is 37.7. The molecule has 52 heavy (non-hydrogen) atoms. The summed E-state index contributed by atoms with van der Waals surface area (Å²) < 4.78 is 39.1. The first kappa shape index (κ1) is 38.6. The van der Waals surface area contributed by atoms with Gasteiger partial charge in [0.1, 0.15) is 0 Å². The quantitative estimate of drug-likeness (QED) is 0.197. The van der Waals surface area contributed by atoms with Crippen LogP contribution in [0.2, 0.25) is 5.02 Å². The van der Waals surface area contributed by atoms with E-state index in [0.717, 1.165) is 12.8 Å². The van der Waals surface area contributed by atoms with Gasteiger partial charge in [-0.3, -0.25) is 19.1 Å². The van der Waals surface area contributed by atoms with Gasteiger partial charge < -0.3 is 29.3 Å². The molecule has 1 fully saturated rings. The number of halogens is 3. The van der Waals surface area contributed by atoms with E-state index in [-0.39, 0.29) is 39.5 Å². The number of carbonyl (C=O) groups excluding carboxylic acids is 3.